The lowest BCUT2D eigenvalue weighted by atomic mass is 9.94. The van der Waals surface area contributed by atoms with Crippen LogP contribution in [0.25, 0.3) is 22.0 Å². The van der Waals surface area contributed by atoms with Crippen molar-refractivity contribution < 1.29 is 4.57 Å². The van der Waals surface area contributed by atoms with Crippen molar-refractivity contribution in [2.45, 2.75) is 12.6 Å². The molecule has 1 aliphatic heterocycles. The molecule has 0 aliphatic carbocycles. The van der Waals surface area contributed by atoms with Crippen molar-refractivity contribution in [1.29, 1.82) is 0 Å². The quantitative estimate of drug-likeness (QED) is 0.539. The van der Waals surface area contributed by atoms with Gasteiger partial charge in [0.05, 0.1) is 12.7 Å². The van der Waals surface area contributed by atoms with Gasteiger partial charge in [-0.15, -0.1) is 0 Å². The van der Waals surface area contributed by atoms with E-state index in [1.807, 2.05) is 43.1 Å². The lowest BCUT2D eigenvalue weighted by Crippen LogP contribution is -2.11. The minimum atomic E-state index is -2.12. The number of pyridine rings is 1. The Balaban J connectivity index is 2.10. The highest BCUT2D eigenvalue weighted by Gasteiger charge is 2.28. The summed E-state index contributed by atoms with van der Waals surface area (Å²) < 4.78 is 12.7. The number of hydrogen-bond acceptors (Lipinski definition) is 2. The first kappa shape index (κ1) is 14.9. The average Bonchev–Trinajstić information content (AvgIpc) is 2.53. The summed E-state index contributed by atoms with van der Waals surface area (Å²) in [7, 11) is -2.12. The minimum absolute atomic E-state index is 0.637. The predicted molar refractivity (Wildman–Crippen MR) is 98.0 cm³/mol. The molecule has 23 heavy (non-hydrogen) atoms. The topological polar surface area (TPSA) is 30.0 Å². The molecule has 0 saturated carbocycles. The van der Waals surface area contributed by atoms with E-state index in [0.29, 0.717) is 11.2 Å². The number of rotatable bonds is 1. The molecular formula is C19H17ClNOP. The summed E-state index contributed by atoms with van der Waals surface area (Å²) in [4.78, 5) is 4.82. The first-order valence-corrected chi connectivity index (χ1v) is 10.7. The van der Waals surface area contributed by atoms with Crippen LogP contribution in [0.1, 0.15) is 11.3 Å². The maximum Gasteiger partial charge on any atom is 0.0894 e. The number of fused-ring (bicyclic) bond motifs is 2. The Morgan fingerprint density at radius 1 is 1.13 bits per heavy atom. The molecule has 4 rings (SSSR count). The van der Waals surface area contributed by atoms with E-state index < -0.39 is 7.14 Å². The number of nitrogens with zero attached hydrogens (tertiary/aromatic N) is 1. The standard InChI is InChI=1S/C19H17ClNOP/c1-23(22)10-9-17-16(12-23)19(13-5-3-2-4-6-13)15-8-7-14(20)11-18(15)21-17/h2-8,11H,9-10,12H2,1H3. The smallest absolute Gasteiger partial charge is 0.0894 e. The highest BCUT2D eigenvalue weighted by molar-refractivity contribution is 7.62. The van der Waals surface area contributed by atoms with Crippen molar-refractivity contribution >= 4 is 29.6 Å². The summed E-state index contributed by atoms with van der Waals surface area (Å²) in [6.45, 7) is 1.91. The lowest BCUT2D eigenvalue weighted by molar-refractivity contribution is 0.575. The van der Waals surface area contributed by atoms with Crippen LogP contribution in [0.5, 0.6) is 0 Å². The van der Waals surface area contributed by atoms with Gasteiger partial charge in [-0.3, -0.25) is 4.98 Å². The molecule has 1 unspecified atom stereocenters. The van der Waals surface area contributed by atoms with Crippen molar-refractivity contribution in [3.63, 3.8) is 0 Å². The maximum absolute atomic E-state index is 12.7. The fourth-order valence-corrected chi connectivity index (χ4v) is 5.41. The molecule has 0 N–H and O–H groups in total. The Bertz CT molecular complexity index is 952. The molecule has 0 fully saturated rings. The molecule has 1 atom stereocenters. The monoisotopic (exact) mass is 341 g/mol. The molecule has 2 nitrogen and oxygen atoms in total. The molecule has 1 aliphatic rings. The molecule has 0 amide bonds. The second-order valence-electron chi connectivity index (χ2n) is 6.37. The van der Waals surface area contributed by atoms with Gasteiger partial charge < -0.3 is 4.57 Å². The van der Waals surface area contributed by atoms with Crippen LogP contribution in [0.2, 0.25) is 5.02 Å². The summed E-state index contributed by atoms with van der Waals surface area (Å²) in [5, 5.41) is 1.78. The summed E-state index contributed by atoms with van der Waals surface area (Å²) in [5.41, 5.74) is 5.47. The van der Waals surface area contributed by atoms with Crippen molar-refractivity contribution in [2.24, 2.45) is 0 Å². The first-order chi connectivity index (χ1) is 11.0. The Morgan fingerprint density at radius 3 is 2.70 bits per heavy atom. The van der Waals surface area contributed by atoms with Crippen molar-refractivity contribution in [3.05, 3.63) is 64.8 Å². The second kappa shape index (κ2) is 5.47. The van der Waals surface area contributed by atoms with Gasteiger partial charge in [0, 0.05) is 28.4 Å². The van der Waals surface area contributed by atoms with Crippen LogP contribution >= 0.6 is 18.7 Å². The average molecular weight is 342 g/mol. The van der Waals surface area contributed by atoms with E-state index in [2.05, 4.69) is 12.1 Å². The summed E-state index contributed by atoms with van der Waals surface area (Å²) in [6.07, 6.45) is 2.16. The van der Waals surface area contributed by atoms with E-state index in [1.165, 1.54) is 5.56 Å². The van der Waals surface area contributed by atoms with Gasteiger partial charge in [-0.2, -0.15) is 0 Å². The molecule has 0 radical (unpaired) electrons. The largest absolute Gasteiger partial charge is 0.323 e. The van der Waals surface area contributed by atoms with Gasteiger partial charge in [0.25, 0.3) is 0 Å². The van der Waals surface area contributed by atoms with Crippen molar-refractivity contribution in [2.75, 3.05) is 12.8 Å². The lowest BCUT2D eigenvalue weighted by Gasteiger charge is -2.25. The normalized spacial score (nSPS) is 20.4. The van der Waals surface area contributed by atoms with Crippen LogP contribution < -0.4 is 0 Å². The van der Waals surface area contributed by atoms with E-state index in [-0.39, 0.29) is 0 Å². The molecular weight excluding hydrogens is 325 g/mol. The first-order valence-electron chi connectivity index (χ1n) is 7.75. The minimum Gasteiger partial charge on any atom is -0.323 e. The Morgan fingerprint density at radius 2 is 1.91 bits per heavy atom. The second-order valence-corrected chi connectivity index (χ2v) is 10.2. The maximum atomic E-state index is 12.7. The van der Waals surface area contributed by atoms with Crippen LogP contribution in [-0.4, -0.2) is 17.8 Å². The fourth-order valence-electron chi connectivity index (χ4n) is 3.40. The molecule has 2 heterocycles. The summed E-state index contributed by atoms with van der Waals surface area (Å²) in [6, 6.07) is 16.2. The van der Waals surface area contributed by atoms with Gasteiger partial charge >= 0.3 is 0 Å². The van der Waals surface area contributed by atoms with Crippen LogP contribution in [0, 0.1) is 0 Å². The van der Waals surface area contributed by atoms with Gasteiger partial charge in [0.1, 0.15) is 0 Å². The number of hydrogen-bond donors (Lipinski definition) is 0. The van der Waals surface area contributed by atoms with E-state index >= 15 is 0 Å². The van der Waals surface area contributed by atoms with Crippen LogP contribution in [0.15, 0.2) is 48.5 Å². The highest BCUT2D eigenvalue weighted by atomic mass is 35.5. The highest BCUT2D eigenvalue weighted by Crippen LogP contribution is 2.52. The number of aryl methyl sites for hydroxylation is 1. The molecule has 3 aromatic rings. The van der Waals surface area contributed by atoms with Crippen molar-refractivity contribution in [3.8, 4) is 11.1 Å². The van der Waals surface area contributed by atoms with Crippen LogP contribution in [0.4, 0.5) is 0 Å². The molecule has 1 aromatic heterocycles. The zero-order valence-corrected chi connectivity index (χ0v) is 14.6. The zero-order chi connectivity index (χ0) is 16.0. The van der Waals surface area contributed by atoms with E-state index in [4.69, 9.17) is 16.6 Å². The van der Waals surface area contributed by atoms with Gasteiger partial charge in [0.15, 0.2) is 0 Å². The molecule has 116 valence electrons. The van der Waals surface area contributed by atoms with Crippen LogP contribution in [-0.2, 0) is 17.1 Å². The number of halogens is 1. The molecule has 0 saturated heterocycles. The Kier molecular flexibility index (Phi) is 3.55. The summed E-state index contributed by atoms with van der Waals surface area (Å²) >= 11 is 6.16. The van der Waals surface area contributed by atoms with E-state index in [1.54, 1.807) is 0 Å². The third-order valence-corrected chi connectivity index (χ3v) is 6.90. The summed E-state index contributed by atoms with van der Waals surface area (Å²) in [5.74, 6) is 0. The van der Waals surface area contributed by atoms with E-state index in [0.717, 1.165) is 40.3 Å². The van der Waals surface area contributed by atoms with Gasteiger partial charge in [0.2, 0.25) is 0 Å². The van der Waals surface area contributed by atoms with Gasteiger partial charge in [-0.05, 0) is 41.9 Å². The Labute approximate surface area is 140 Å². The van der Waals surface area contributed by atoms with Crippen molar-refractivity contribution in [1.82, 2.24) is 4.98 Å². The van der Waals surface area contributed by atoms with Gasteiger partial charge in [-0.1, -0.05) is 48.0 Å². The molecule has 0 spiro atoms. The number of benzene rings is 2. The molecule has 0 bridgehead atoms. The molecule has 4 heteroatoms. The molecule has 2 aromatic carbocycles. The third-order valence-electron chi connectivity index (χ3n) is 4.51. The van der Waals surface area contributed by atoms with Crippen LogP contribution in [0.3, 0.4) is 0 Å². The van der Waals surface area contributed by atoms with Gasteiger partial charge in [-0.25, -0.2) is 0 Å². The third kappa shape index (κ3) is 2.71. The zero-order valence-electron chi connectivity index (χ0n) is 12.9. The van der Waals surface area contributed by atoms with E-state index in [9.17, 15) is 4.57 Å². The Hall–Kier alpha value is -1.63. The fraction of sp³-hybridized carbons (Fsp3) is 0.211. The SMILES string of the molecule is CP1(=O)CCc2nc3cc(Cl)ccc3c(-c3ccccc3)c2C1. The number of aromatic nitrogens is 1. The predicted octanol–water partition coefficient (Wildman–Crippen LogP) is 5.60.